The second kappa shape index (κ2) is 9.02. The van der Waals surface area contributed by atoms with Gasteiger partial charge < -0.3 is 4.74 Å². The highest BCUT2D eigenvalue weighted by atomic mass is 16.6. The number of non-ortho nitro benzene ring substituents is 1. The van der Waals surface area contributed by atoms with Crippen molar-refractivity contribution in [3.8, 4) is 0 Å². The van der Waals surface area contributed by atoms with E-state index in [1.165, 1.54) is 24.3 Å². The Morgan fingerprint density at radius 3 is 2.26 bits per heavy atom. The van der Waals surface area contributed by atoms with E-state index >= 15 is 0 Å². The maximum Gasteiger partial charge on any atom is 0.338 e. The predicted molar refractivity (Wildman–Crippen MR) is 86.2 cm³/mol. The van der Waals surface area contributed by atoms with Gasteiger partial charge in [-0.3, -0.25) is 14.9 Å². The lowest BCUT2D eigenvalue weighted by molar-refractivity contribution is -0.384. The first-order valence-corrected chi connectivity index (χ1v) is 7.75. The topological polar surface area (TPSA) is 86.5 Å². The van der Waals surface area contributed by atoms with E-state index in [0.29, 0.717) is 5.92 Å². The Balaban J connectivity index is 2.42. The van der Waals surface area contributed by atoms with Crippen LogP contribution in [0.4, 0.5) is 5.69 Å². The summed E-state index contributed by atoms with van der Waals surface area (Å²) < 4.78 is 4.98. The van der Waals surface area contributed by atoms with Crippen molar-refractivity contribution in [3.63, 3.8) is 0 Å². The second-order valence-corrected chi connectivity index (χ2v) is 6.07. The number of carbonyl (C=O) groups is 2. The van der Waals surface area contributed by atoms with E-state index in [-0.39, 0.29) is 29.6 Å². The minimum atomic E-state index is -0.650. The fraction of sp³-hybridized carbons (Fsp3) is 0.529. The average Bonchev–Trinajstić information content (AvgIpc) is 2.51. The Kier molecular flexibility index (Phi) is 7.38. The highest BCUT2D eigenvalue weighted by Gasteiger charge is 2.16. The van der Waals surface area contributed by atoms with Crippen molar-refractivity contribution in [1.29, 1.82) is 0 Å². The number of nitrogens with zero attached hydrogens (tertiary/aromatic N) is 1. The van der Waals surface area contributed by atoms with Crippen molar-refractivity contribution >= 4 is 17.4 Å². The van der Waals surface area contributed by atoms with Gasteiger partial charge in [0.1, 0.15) is 0 Å². The Morgan fingerprint density at radius 1 is 1.13 bits per heavy atom. The molecule has 6 heteroatoms. The van der Waals surface area contributed by atoms with Gasteiger partial charge in [-0.2, -0.15) is 0 Å². The van der Waals surface area contributed by atoms with E-state index in [9.17, 15) is 19.7 Å². The second-order valence-electron chi connectivity index (χ2n) is 6.07. The summed E-state index contributed by atoms with van der Waals surface area (Å²) in [5, 5.41) is 10.5. The highest BCUT2D eigenvalue weighted by Crippen LogP contribution is 2.15. The van der Waals surface area contributed by atoms with Crippen molar-refractivity contribution in [2.75, 3.05) is 6.61 Å². The first-order valence-electron chi connectivity index (χ1n) is 7.75. The number of ketones is 1. The van der Waals surface area contributed by atoms with Crippen LogP contribution in [0.2, 0.25) is 0 Å². The van der Waals surface area contributed by atoms with Crippen LogP contribution in [0.25, 0.3) is 0 Å². The number of benzene rings is 1. The molecule has 1 atom stereocenters. The number of hydrogen-bond acceptors (Lipinski definition) is 5. The molecule has 126 valence electrons. The molecule has 0 radical (unpaired) electrons. The van der Waals surface area contributed by atoms with Crippen LogP contribution in [-0.2, 0) is 9.53 Å². The molecule has 0 aliphatic carbocycles. The number of esters is 1. The smallest absolute Gasteiger partial charge is 0.338 e. The van der Waals surface area contributed by atoms with E-state index in [1.54, 1.807) is 0 Å². The third-order valence-electron chi connectivity index (χ3n) is 3.63. The fourth-order valence-corrected chi connectivity index (χ4v) is 2.07. The normalized spacial score (nSPS) is 12.0. The van der Waals surface area contributed by atoms with Gasteiger partial charge in [-0.25, -0.2) is 4.79 Å². The monoisotopic (exact) mass is 321 g/mol. The molecule has 0 aliphatic rings. The zero-order chi connectivity index (χ0) is 17.4. The van der Waals surface area contributed by atoms with E-state index < -0.39 is 10.9 Å². The maximum atomic E-state index is 11.9. The summed E-state index contributed by atoms with van der Waals surface area (Å²) in [5.74, 6) is -0.290. The van der Waals surface area contributed by atoms with Crippen LogP contribution in [0, 0.1) is 22.0 Å². The Hall–Kier alpha value is -2.24. The molecule has 1 aromatic carbocycles. The zero-order valence-electron chi connectivity index (χ0n) is 13.8. The van der Waals surface area contributed by atoms with Crippen LogP contribution in [0.3, 0.4) is 0 Å². The van der Waals surface area contributed by atoms with Crippen molar-refractivity contribution in [3.05, 3.63) is 39.9 Å². The number of hydrogen-bond donors (Lipinski definition) is 0. The highest BCUT2D eigenvalue weighted by molar-refractivity contribution is 5.92. The van der Waals surface area contributed by atoms with E-state index in [0.717, 1.165) is 19.3 Å². The molecule has 0 N–H and O–H groups in total. The molecule has 1 aromatic rings. The van der Waals surface area contributed by atoms with E-state index in [2.05, 4.69) is 13.8 Å². The molecule has 6 nitrogen and oxygen atoms in total. The average molecular weight is 321 g/mol. The standard InChI is InChI=1S/C17H23NO5/c1-12(2)5-4-6-13(3)16(19)11-23-17(20)14-7-9-15(10-8-14)18(21)22/h7-10,12-13H,4-6,11H2,1-3H3. The van der Waals surface area contributed by atoms with Crippen molar-refractivity contribution in [2.24, 2.45) is 11.8 Å². The van der Waals surface area contributed by atoms with Gasteiger partial charge in [0.15, 0.2) is 12.4 Å². The number of Topliss-reactive ketones (excluding diaryl/α,β-unsaturated/α-hetero) is 1. The molecule has 23 heavy (non-hydrogen) atoms. The van der Waals surface area contributed by atoms with Gasteiger partial charge in [0.2, 0.25) is 0 Å². The summed E-state index contributed by atoms with van der Waals surface area (Å²) in [4.78, 5) is 33.7. The van der Waals surface area contributed by atoms with E-state index in [1.807, 2.05) is 6.92 Å². The molecule has 0 saturated heterocycles. The van der Waals surface area contributed by atoms with Crippen LogP contribution >= 0.6 is 0 Å². The van der Waals surface area contributed by atoms with Crippen LogP contribution in [-0.4, -0.2) is 23.3 Å². The van der Waals surface area contributed by atoms with Gasteiger partial charge >= 0.3 is 5.97 Å². The molecule has 1 unspecified atom stereocenters. The maximum absolute atomic E-state index is 11.9. The first-order chi connectivity index (χ1) is 10.8. The zero-order valence-corrected chi connectivity index (χ0v) is 13.8. The third kappa shape index (κ3) is 6.59. The molecular formula is C17H23NO5. The van der Waals surface area contributed by atoms with Crippen LogP contribution in [0.5, 0.6) is 0 Å². The number of rotatable bonds is 9. The quantitative estimate of drug-likeness (QED) is 0.392. The lowest BCUT2D eigenvalue weighted by Gasteiger charge is -2.11. The summed E-state index contributed by atoms with van der Waals surface area (Å²) in [5.41, 5.74) is 0.0901. The summed E-state index contributed by atoms with van der Waals surface area (Å²) in [6.45, 7) is 5.85. The van der Waals surface area contributed by atoms with Crippen molar-refractivity contribution in [1.82, 2.24) is 0 Å². The number of nitro benzene ring substituents is 1. The van der Waals surface area contributed by atoms with Crippen LogP contribution < -0.4 is 0 Å². The molecule has 0 spiro atoms. The van der Waals surface area contributed by atoms with Crippen molar-refractivity contribution < 1.29 is 19.2 Å². The molecule has 1 rings (SSSR count). The minimum Gasteiger partial charge on any atom is -0.454 e. The summed E-state index contributed by atoms with van der Waals surface area (Å²) in [6, 6.07) is 5.09. The fourth-order valence-electron chi connectivity index (χ4n) is 2.07. The van der Waals surface area contributed by atoms with Crippen LogP contribution in [0.15, 0.2) is 24.3 Å². The van der Waals surface area contributed by atoms with E-state index in [4.69, 9.17) is 4.74 Å². The lowest BCUT2D eigenvalue weighted by atomic mass is 9.97. The molecule has 0 aliphatic heterocycles. The molecule has 0 aromatic heterocycles. The summed E-state index contributed by atoms with van der Waals surface area (Å²) in [7, 11) is 0. The Morgan fingerprint density at radius 2 is 1.74 bits per heavy atom. The van der Waals surface area contributed by atoms with Gasteiger partial charge in [0.05, 0.1) is 10.5 Å². The van der Waals surface area contributed by atoms with Gasteiger partial charge in [0.25, 0.3) is 5.69 Å². The minimum absolute atomic E-state index is 0.101. The Bertz CT molecular complexity index is 551. The molecule has 0 saturated carbocycles. The summed E-state index contributed by atoms with van der Waals surface area (Å²) >= 11 is 0. The van der Waals surface area contributed by atoms with Gasteiger partial charge in [0, 0.05) is 18.1 Å². The number of nitro groups is 1. The van der Waals surface area contributed by atoms with Gasteiger partial charge in [-0.15, -0.1) is 0 Å². The summed E-state index contributed by atoms with van der Waals surface area (Å²) in [6.07, 6.45) is 2.83. The molecule has 0 bridgehead atoms. The molecule has 0 heterocycles. The molecule has 0 fully saturated rings. The molecule has 0 amide bonds. The number of carbonyl (C=O) groups excluding carboxylic acids is 2. The van der Waals surface area contributed by atoms with Crippen LogP contribution in [0.1, 0.15) is 50.4 Å². The predicted octanol–water partition coefficient (Wildman–Crippen LogP) is 3.78. The molecular weight excluding hydrogens is 298 g/mol. The number of ether oxygens (including phenoxy) is 1. The largest absolute Gasteiger partial charge is 0.454 e. The third-order valence-corrected chi connectivity index (χ3v) is 3.63. The SMILES string of the molecule is CC(C)CCCC(C)C(=O)COC(=O)c1ccc([N+](=O)[O-])cc1. The van der Waals surface area contributed by atoms with Gasteiger partial charge in [-0.05, 0) is 24.5 Å². The first kappa shape index (κ1) is 18.8. The van der Waals surface area contributed by atoms with Crippen molar-refractivity contribution in [2.45, 2.75) is 40.0 Å². The van der Waals surface area contributed by atoms with Gasteiger partial charge in [-0.1, -0.05) is 33.6 Å². The lowest BCUT2D eigenvalue weighted by Crippen LogP contribution is -2.20. The Labute approximate surface area is 136 Å².